The maximum atomic E-state index is 12.9. The smallest absolute Gasteiger partial charge is 0.337 e. The van der Waals surface area contributed by atoms with Crippen molar-refractivity contribution in [2.24, 2.45) is 0 Å². The quantitative estimate of drug-likeness (QED) is 0.242. The van der Waals surface area contributed by atoms with Crippen LogP contribution < -0.4 is 16.0 Å². The standard InChI is InChI=1S/C23H15Cl2N3O4S/c24-12-5-7-13(8-6-12)26-23(32)27-14-9-10-15(22(30)31)17(11-14)28-21(29)20-19(25)16-3-1-2-4-18(16)33-20/h1-11H,(H,28,29)(H,30,31)(H2,26,27,32). The molecule has 10 heteroatoms. The normalized spacial score (nSPS) is 10.6. The minimum Gasteiger partial charge on any atom is -0.478 e. The molecule has 4 rings (SSSR count). The number of carboxylic acids is 1. The van der Waals surface area contributed by atoms with Crippen molar-refractivity contribution in [1.82, 2.24) is 0 Å². The lowest BCUT2D eigenvalue weighted by Crippen LogP contribution is -2.20. The molecule has 0 saturated carbocycles. The highest BCUT2D eigenvalue weighted by molar-refractivity contribution is 7.21. The highest BCUT2D eigenvalue weighted by Crippen LogP contribution is 2.36. The molecule has 7 nitrogen and oxygen atoms in total. The van der Waals surface area contributed by atoms with E-state index < -0.39 is 17.9 Å². The van der Waals surface area contributed by atoms with Crippen LogP contribution in [0.25, 0.3) is 10.1 Å². The van der Waals surface area contributed by atoms with Crippen molar-refractivity contribution in [3.05, 3.63) is 87.2 Å². The van der Waals surface area contributed by atoms with Gasteiger partial charge in [0.1, 0.15) is 4.88 Å². The zero-order chi connectivity index (χ0) is 23.5. The van der Waals surface area contributed by atoms with Gasteiger partial charge in [0, 0.05) is 26.5 Å². The predicted octanol–water partition coefficient (Wildman–Crippen LogP) is 6.80. The van der Waals surface area contributed by atoms with Crippen LogP contribution in [-0.4, -0.2) is 23.0 Å². The number of aromatic carboxylic acids is 1. The molecule has 0 radical (unpaired) electrons. The lowest BCUT2D eigenvalue weighted by molar-refractivity contribution is 0.0698. The Morgan fingerprint density at radius 2 is 1.48 bits per heavy atom. The van der Waals surface area contributed by atoms with E-state index in [1.807, 2.05) is 18.2 Å². The molecule has 0 aliphatic heterocycles. The Kier molecular flexibility index (Phi) is 6.50. The molecule has 0 unspecified atom stereocenters. The van der Waals surface area contributed by atoms with Crippen LogP contribution in [0.4, 0.5) is 21.9 Å². The Bertz CT molecular complexity index is 1390. The number of amides is 3. The zero-order valence-corrected chi connectivity index (χ0v) is 19.0. The van der Waals surface area contributed by atoms with Gasteiger partial charge in [-0.15, -0.1) is 11.3 Å². The van der Waals surface area contributed by atoms with Gasteiger partial charge in [0.2, 0.25) is 0 Å². The van der Waals surface area contributed by atoms with Gasteiger partial charge in [-0.25, -0.2) is 9.59 Å². The maximum Gasteiger partial charge on any atom is 0.337 e. The summed E-state index contributed by atoms with van der Waals surface area (Å²) in [5.41, 5.74) is 0.686. The lowest BCUT2D eigenvalue weighted by atomic mass is 10.1. The van der Waals surface area contributed by atoms with Crippen molar-refractivity contribution in [3.8, 4) is 0 Å². The third kappa shape index (κ3) is 5.09. The van der Waals surface area contributed by atoms with Gasteiger partial charge in [-0.05, 0) is 48.5 Å². The summed E-state index contributed by atoms with van der Waals surface area (Å²) in [7, 11) is 0. The van der Waals surface area contributed by atoms with Crippen molar-refractivity contribution in [2.75, 3.05) is 16.0 Å². The number of benzene rings is 3. The maximum absolute atomic E-state index is 12.9. The highest BCUT2D eigenvalue weighted by atomic mass is 35.5. The van der Waals surface area contributed by atoms with E-state index >= 15 is 0 Å². The van der Waals surface area contributed by atoms with Gasteiger partial charge in [-0.2, -0.15) is 0 Å². The molecule has 0 bridgehead atoms. The third-order valence-corrected chi connectivity index (χ3v) is 6.53. The summed E-state index contributed by atoms with van der Waals surface area (Å²) in [6, 6.07) is 17.4. The van der Waals surface area contributed by atoms with E-state index in [9.17, 15) is 19.5 Å². The minimum atomic E-state index is -1.23. The number of nitrogens with one attached hydrogen (secondary N) is 3. The van der Waals surface area contributed by atoms with Gasteiger partial charge in [0.05, 0.1) is 16.3 Å². The number of carboxylic acid groups (broad SMARTS) is 1. The van der Waals surface area contributed by atoms with Crippen LogP contribution in [-0.2, 0) is 0 Å². The van der Waals surface area contributed by atoms with Crippen molar-refractivity contribution >= 4 is 79.6 Å². The molecule has 0 aliphatic rings. The van der Waals surface area contributed by atoms with Gasteiger partial charge in [0.15, 0.2) is 0 Å². The van der Waals surface area contributed by atoms with Crippen LogP contribution in [0.15, 0.2) is 66.7 Å². The molecular weight excluding hydrogens is 485 g/mol. The molecule has 1 heterocycles. The second-order valence-corrected chi connectivity index (χ2v) is 8.71. The average Bonchev–Trinajstić information content (AvgIpc) is 3.12. The molecule has 0 aliphatic carbocycles. The number of carbonyl (C=O) groups excluding carboxylic acids is 2. The minimum absolute atomic E-state index is 0.0188. The van der Waals surface area contributed by atoms with E-state index in [0.29, 0.717) is 15.7 Å². The van der Waals surface area contributed by atoms with E-state index in [4.69, 9.17) is 23.2 Å². The zero-order valence-electron chi connectivity index (χ0n) is 16.7. The number of hydrogen-bond donors (Lipinski definition) is 4. The van der Waals surface area contributed by atoms with Crippen LogP contribution in [0, 0.1) is 0 Å². The summed E-state index contributed by atoms with van der Waals surface area (Å²) in [6.45, 7) is 0. The molecule has 4 aromatic rings. The Balaban J connectivity index is 1.56. The molecule has 0 spiro atoms. The molecule has 4 N–H and O–H groups in total. The first-order valence-corrected chi connectivity index (χ1v) is 11.1. The Hall–Kier alpha value is -3.59. The van der Waals surface area contributed by atoms with Crippen LogP contribution in [0.2, 0.25) is 10.0 Å². The molecule has 0 fully saturated rings. The number of urea groups is 1. The number of fused-ring (bicyclic) bond motifs is 1. The van der Waals surface area contributed by atoms with E-state index in [2.05, 4.69) is 16.0 Å². The monoisotopic (exact) mass is 499 g/mol. The summed E-state index contributed by atoms with van der Waals surface area (Å²) in [5, 5.41) is 18.9. The second kappa shape index (κ2) is 9.50. The molecular formula is C23H15Cl2N3O4S. The Labute approximate surface area is 201 Å². The van der Waals surface area contributed by atoms with Crippen molar-refractivity contribution in [2.45, 2.75) is 0 Å². The topological polar surface area (TPSA) is 108 Å². The molecule has 33 heavy (non-hydrogen) atoms. The number of thiophene rings is 1. The fourth-order valence-electron chi connectivity index (χ4n) is 3.08. The van der Waals surface area contributed by atoms with Crippen LogP contribution in [0.5, 0.6) is 0 Å². The van der Waals surface area contributed by atoms with E-state index in [1.54, 1.807) is 30.3 Å². The summed E-state index contributed by atoms with van der Waals surface area (Å²) >= 11 is 13.4. The van der Waals surface area contributed by atoms with Gasteiger partial charge in [-0.1, -0.05) is 41.4 Å². The van der Waals surface area contributed by atoms with Gasteiger partial charge in [0.25, 0.3) is 5.91 Å². The third-order valence-electron chi connectivity index (χ3n) is 4.60. The first kappa shape index (κ1) is 22.6. The van der Waals surface area contributed by atoms with E-state index in [1.165, 1.54) is 29.5 Å². The van der Waals surface area contributed by atoms with Crippen molar-refractivity contribution < 1.29 is 19.5 Å². The SMILES string of the molecule is O=C(Nc1ccc(Cl)cc1)Nc1ccc(C(=O)O)c(NC(=O)c2sc3ccccc3c2Cl)c1. The van der Waals surface area contributed by atoms with Gasteiger partial charge in [-0.3, -0.25) is 4.79 Å². The van der Waals surface area contributed by atoms with Crippen molar-refractivity contribution in [1.29, 1.82) is 0 Å². The van der Waals surface area contributed by atoms with Crippen LogP contribution >= 0.6 is 34.5 Å². The number of halogens is 2. The molecule has 166 valence electrons. The molecule has 3 aromatic carbocycles. The summed E-state index contributed by atoms with van der Waals surface area (Å²) in [6.07, 6.45) is 0. The largest absolute Gasteiger partial charge is 0.478 e. The van der Waals surface area contributed by atoms with Crippen LogP contribution in [0.1, 0.15) is 20.0 Å². The lowest BCUT2D eigenvalue weighted by Gasteiger charge is -2.12. The predicted molar refractivity (Wildman–Crippen MR) is 132 cm³/mol. The van der Waals surface area contributed by atoms with Gasteiger partial charge < -0.3 is 21.1 Å². The Morgan fingerprint density at radius 1 is 0.818 bits per heavy atom. The highest BCUT2D eigenvalue weighted by Gasteiger charge is 2.20. The average molecular weight is 500 g/mol. The fraction of sp³-hybridized carbons (Fsp3) is 0. The number of rotatable bonds is 5. The van der Waals surface area contributed by atoms with Crippen LogP contribution in [0.3, 0.4) is 0 Å². The number of anilines is 3. The summed E-state index contributed by atoms with van der Waals surface area (Å²) in [5.74, 6) is -1.78. The van der Waals surface area contributed by atoms with E-state index in [-0.39, 0.29) is 21.8 Å². The Morgan fingerprint density at radius 3 is 2.18 bits per heavy atom. The van der Waals surface area contributed by atoms with Crippen molar-refractivity contribution in [3.63, 3.8) is 0 Å². The first-order valence-electron chi connectivity index (χ1n) is 9.51. The molecule has 3 amide bonds. The number of hydrogen-bond acceptors (Lipinski definition) is 4. The van der Waals surface area contributed by atoms with Gasteiger partial charge >= 0.3 is 12.0 Å². The second-order valence-electron chi connectivity index (χ2n) is 6.85. The molecule has 0 saturated heterocycles. The number of carbonyl (C=O) groups is 3. The summed E-state index contributed by atoms with van der Waals surface area (Å²) < 4.78 is 0.834. The molecule has 1 aromatic heterocycles. The molecule has 0 atom stereocenters. The first-order chi connectivity index (χ1) is 15.8. The fourth-order valence-corrected chi connectivity index (χ4v) is 4.62. The van der Waals surface area contributed by atoms with E-state index in [0.717, 1.165) is 10.1 Å². The summed E-state index contributed by atoms with van der Waals surface area (Å²) in [4.78, 5) is 37.1.